The predicted molar refractivity (Wildman–Crippen MR) is 118 cm³/mol. The van der Waals surface area contributed by atoms with E-state index in [2.05, 4.69) is 16.2 Å². The summed E-state index contributed by atoms with van der Waals surface area (Å²) in [6, 6.07) is 13.7. The molecule has 1 saturated carbocycles. The summed E-state index contributed by atoms with van der Waals surface area (Å²) in [7, 11) is 0. The van der Waals surface area contributed by atoms with Crippen molar-refractivity contribution in [2.45, 2.75) is 32.1 Å². The molecule has 0 aromatic heterocycles. The number of benzene rings is 2. The minimum Gasteiger partial charge on any atom is -0.326 e. The molecule has 6 nitrogen and oxygen atoms in total. The molecule has 7 heteroatoms. The first-order valence-corrected chi connectivity index (χ1v) is 10.3. The zero-order chi connectivity index (χ0) is 21.3. The number of hydrazine groups is 1. The van der Waals surface area contributed by atoms with Gasteiger partial charge in [-0.3, -0.25) is 25.2 Å². The Morgan fingerprint density at radius 3 is 2.30 bits per heavy atom. The number of nitrogens with one attached hydrogen (secondary N) is 3. The molecule has 0 radical (unpaired) electrons. The molecule has 1 fully saturated rings. The van der Waals surface area contributed by atoms with Crippen LogP contribution in [0.1, 0.15) is 48.0 Å². The topological polar surface area (TPSA) is 87.3 Å². The Morgan fingerprint density at radius 1 is 0.900 bits per heavy atom. The second-order valence-electron chi connectivity index (χ2n) is 7.20. The smallest absolute Gasteiger partial charge is 0.269 e. The van der Waals surface area contributed by atoms with E-state index < -0.39 is 11.8 Å². The van der Waals surface area contributed by atoms with Gasteiger partial charge in [0, 0.05) is 28.3 Å². The van der Waals surface area contributed by atoms with Crippen molar-refractivity contribution in [3.8, 4) is 0 Å². The van der Waals surface area contributed by atoms with Gasteiger partial charge in [-0.2, -0.15) is 0 Å². The molecule has 0 spiro atoms. The lowest BCUT2D eigenvalue weighted by Gasteiger charge is -2.20. The van der Waals surface area contributed by atoms with Gasteiger partial charge in [-0.25, -0.2) is 0 Å². The molecule has 0 unspecified atom stereocenters. The Balaban J connectivity index is 1.47. The molecule has 2 aromatic rings. The molecule has 3 rings (SSSR count). The zero-order valence-corrected chi connectivity index (χ0v) is 17.2. The van der Waals surface area contributed by atoms with Gasteiger partial charge in [-0.05, 0) is 54.8 Å². The second kappa shape index (κ2) is 10.6. The van der Waals surface area contributed by atoms with Crippen LogP contribution in [0.3, 0.4) is 0 Å². The SMILES string of the molecule is O=C(/C=C/c1ccccc1Cl)NNC(=O)c1ccc(NC(=O)C2CCCCC2)cc1. The third-order valence-electron chi connectivity index (χ3n) is 5.01. The van der Waals surface area contributed by atoms with E-state index in [-0.39, 0.29) is 11.8 Å². The van der Waals surface area contributed by atoms with Crippen molar-refractivity contribution in [3.05, 3.63) is 70.8 Å². The number of hydrogen-bond acceptors (Lipinski definition) is 3. The Hall–Kier alpha value is -3.12. The van der Waals surface area contributed by atoms with Crippen molar-refractivity contribution in [3.63, 3.8) is 0 Å². The first-order chi connectivity index (χ1) is 14.5. The summed E-state index contributed by atoms with van der Waals surface area (Å²) in [5, 5.41) is 3.43. The Bertz CT molecular complexity index is 935. The van der Waals surface area contributed by atoms with E-state index in [1.165, 1.54) is 12.5 Å². The summed E-state index contributed by atoms with van der Waals surface area (Å²) in [6.45, 7) is 0. The summed E-state index contributed by atoms with van der Waals surface area (Å²) >= 11 is 6.02. The maximum atomic E-state index is 12.3. The summed E-state index contributed by atoms with van der Waals surface area (Å²) in [5.41, 5.74) is 6.38. The van der Waals surface area contributed by atoms with Gasteiger partial charge in [0.15, 0.2) is 0 Å². The summed E-state index contributed by atoms with van der Waals surface area (Å²) < 4.78 is 0. The quantitative estimate of drug-likeness (QED) is 0.492. The molecular formula is C23H24ClN3O3. The fraction of sp³-hybridized carbons (Fsp3) is 0.261. The number of amides is 3. The lowest BCUT2D eigenvalue weighted by atomic mass is 9.88. The van der Waals surface area contributed by atoms with Crippen LogP contribution in [0.15, 0.2) is 54.6 Å². The summed E-state index contributed by atoms with van der Waals surface area (Å²) in [5.74, 6) is -0.848. The number of carbonyl (C=O) groups is 3. The van der Waals surface area contributed by atoms with Crippen molar-refractivity contribution in [2.24, 2.45) is 5.92 Å². The van der Waals surface area contributed by atoms with Crippen LogP contribution in [0.4, 0.5) is 5.69 Å². The monoisotopic (exact) mass is 425 g/mol. The van der Waals surface area contributed by atoms with Gasteiger partial charge >= 0.3 is 0 Å². The summed E-state index contributed by atoms with van der Waals surface area (Å²) in [6.07, 6.45) is 8.08. The standard InChI is InChI=1S/C23H24ClN3O3/c24-20-9-5-4-6-16(20)12-15-21(28)26-27-23(30)18-10-13-19(14-11-18)25-22(29)17-7-2-1-3-8-17/h4-6,9-15,17H,1-3,7-8H2,(H,25,29)(H,26,28)(H,27,30)/b15-12+. The molecule has 3 amide bonds. The first-order valence-electron chi connectivity index (χ1n) is 9.97. The van der Waals surface area contributed by atoms with Crippen LogP contribution in [0.25, 0.3) is 6.08 Å². The van der Waals surface area contributed by atoms with Crippen molar-refractivity contribution in [1.82, 2.24) is 10.9 Å². The lowest BCUT2D eigenvalue weighted by molar-refractivity contribution is -0.120. The molecule has 30 heavy (non-hydrogen) atoms. The normalized spacial score (nSPS) is 14.3. The van der Waals surface area contributed by atoms with E-state index >= 15 is 0 Å². The number of halogens is 1. The maximum absolute atomic E-state index is 12.3. The third kappa shape index (κ3) is 6.19. The Kier molecular flexibility index (Phi) is 7.63. The largest absolute Gasteiger partial charge is 0.326 e. The van der Waals surface area contributed by atoms with Crippen LogP contribution in [0.5, 0.6) is 0 Å². The zero-order valence-electron chi connectivity index (χ0n) is 16.5. The predicted octanol–water partition coefficient (Wildman–Crippen LogP) is 4.33. The molecule has 0 saturated heterocycles. The molecule has 3 N–H and O–H groups in total. The van der Waals surface area contributed by atoms with E-state index in [4.69, 9.17) is 11.6 Å². The summed E-state index contributed by atoms with van der Waals surface area (Å²) in [4.78, 5) is 36.4. The van der Waals surface area contributed by atoms with E-state index in [1.54, 1.807) is 48.5 Å². The molecule has 2 aromatic carbocycles. The van der Waals surface area contributed by atoms with Crippen molar-refractivity contribution < 1.29 is 14.4 Å². The van der Waals surface area contributed by atoms with Crippen LogP contribution in [-0.2, 0) is 9.59 Å². The van der Waals surface area contributed by atoms with Crippen LogP contribution < -0.4 is 16.2 Å². The fourth-order valence-electron chi connectivity index (χ4n) is 3.32. The van der Waals surface area contributed by atoms with Gasteiger partial charge < -0.3 is 5.32 Å². The molecule has 156 valence electrons. The lowest BCUT2D eigenvalue weighted by Crippen LogP contribution is -2.40. The van der Waals surface area contributed by atoms with Gasteiger partial charge in [-0.15, -0.1) is 0 Å². The van der Waals surface area contributed by atoms with Crippen LogP contribution in [0, 0.1) is 5.92 Å². The minimum absolute atomic E-state index is 0.0319. The highest BCUT2D eigenvalue weighted by Crippen LogP contribution is 2.25. The highest BCUT2D eigenvalue weighted by Gasteiger charge is 2.21. The van der Waals surface area contributed by atoms with E-state index in [1.807, 2.05) is 6.07 Å². The van der Waals surface area contributed by atoms with Gasteiger partial charge in [-0.1, -0.05) is 49.1 Å². The third-order valence-corrected chi connectivity index (χ3v) is 5.35. The number of rotatable bonds is 5. The number of hydrogen-bond donors (Lipinski definition) is 3. The van der Waals surface area contributed by atoms with Gasteiger partial charge in [0.25, 0.3) is 11.8 Å². The number of anilines is 1. The Labute approximate surface area is 180 Å². The van der Waals surface area contributed by atoms with Crippen LogP contribution in [0.2, 0.25) is 5.02 Å². The highest BCUT2D eigenvalue weighted by atomic mass is 35.5. The molecule has 0 bridgehead atoms. The van der Waals surface area contributed by atoms with E-state index in [0.29, 0.717) is 21.8 Å². The van der Waals surface area contributed by atoms with Crippen molar-refractivity contribution in [1.29, 1.82) is 0 Å². The molecule has 1 aliphatic carbocycles. The van der Waals surface area contributed by atoms with Crippen molar-refractivity contribution >= 4 is 41.1 Å². The van der Waals surface area contributed by atoms with Gasteiger partial charge in [0.2, 0.25) is 5.91 Å². The van der Waals surface area contributed by atoms with Crippen LogP contribution >= 0.6 is 11.6 Å². The average molecular weight is 426 g/mol. The molecular weight excluding hydrogens is 402 g/mol. The highest BCUT2D eigenvalue weighted by molar-refractivity contribution is 6.32. The average Bonchev–Trinajstić information content (AvgIpc) is 2.78. The molecule has 0 aliphatic heterocycles. The van der Waals surface area contributed by atoms with Crippen molar-refractivity contribution in [2.75, 3.05) is 5.32 Å². The molecule has 0 atom stereocenters. The van der Waals surface area contributed by atoms with E-state index in [0.717, 1.165) is 25.7 Å². The molecule has 0 heterocycles. The minimum atomic E-state index is -0.486. The van der Waals surface area contributed by atoms with E-state index in [9.17, 15) is 14.4 Å². The number of carbonyl (C=O) groups excluding carboxylic acids is 3. The van der Waals surface area contributed by atoms with Gasteiger partial charge in [0.1, 0.15) is 0 Å². The fourth-order valence-corrected chi connectivity index (χ4v) is 3.52. The second-order valence-corrected chi connectivity index (χ2v) is 7.61. The Morgan fingerprint density at radius 2 is 1.60 bits per heavy atom. The molecule has 1 aliphatic rings. The first kappa shape index (κ1) is 21.6. The van der Waals surface area contributed by atoms with Crippen LogP contribution in [-0.4, -0.2) is 17.7 Å². The maximum Gasteiger partial charge on any atom is 0.269 e. The van der Waals surface area contributed by atoms with Gasteiger partial charge in [0.05, 0.1) is 0 Å².